The molecular formula is C17H23N3O4. The van der Waals surface area contributed by atoms with Crippen molar-refractivity contribution in [1.82, 2.24) is 10.2 Å². The topological polar surface area (TPSA) is 94.8 Å². The van der Waals surface area contributed by atoms with E-state index in [2.05, 4.69) is 5.32 Å². The van der Waals surface area contributed by atoms with E-state index in [0.717, 1.165) is 5.56 Å². The van der Waals surface area contributed by atoms with Crippen molar-refractivity contribution < 1.29 is 19.4 Å². The van der Waals surface area contributed by atoms with Crippen molar-refractivity contribution in [3.63, 3.8) is 0 Å². The van der Waals surface area contributed by atoms with Crippen molar-refractivity contribution in [1.29, 1.82) is 5.26 Å². The van der Waals surface area contributed by atoms with Gasteiger partial charge in [-0.25, -0.2) is 0 Å². The van der Waals surface area contributed by atoms with Gasteiger partial charge in [0, 0.05) is 19.8 Å². The number of nitriles is 1. The third kappa shape index (κ3) is 5.18. The number of carbonyl (C=O) groups excluding carboxylic acids is 1. The zero-order chi connectivity index (χ0) is 18.1. The first kappa shape index (κ1) is 19.3. The van der Waals surface area contributed by atoms with Crippen LogP contribution in [0.4, 0.5) is 0 Å². The lowest BCUT2D eigenvalue weighted by Crippen LogP contribution is -2.29. The summed E-state index contributed by atoms with van der Waals surface area (Å²) in [6.07, 6.45) is 1.41. The molecule has 1 unspecified atom stereocenters. The molecule has 0 aromatic heterocycles. The van der Waals surface area contributed by atoms with Gasteiger partial charge in [-0.3, -0.25) is 4.79 Å². The normalized spacial score (nSPS) is 12.1. The maximum absolute atomic E-state index is 12.2. The van der Waals surface area contributed by atoms with E-state index in [1.807, 2.05) is 19.1 Å². The van der Waals surface area contributed by atoms with Gasteiger partial charge in [-0.2, -0.15) is 5.26 Å². The summed E-state index contributed by atoms with van der Waals surface area (Å²) in [6, 6.07) is 6.90. The van der Waals surface area contributed by atoms with Gasteiger partial charge in [0.1, 0.15) is 11.6 Å². The molecule has 0 spiro atoms. The van der Waals surface area contributed by atoms with E-state index in [0.29, 0.717) is 18.0 Å². The Morgan fingerprint density at radius 1 is 1.42 bits per heavy atom. The van der Waals surface area contributed by atoms with E-state index < -0.39 is 5.91 Å². The van der Waals surface area contributed by atoms with Crippen molar-refractivity contribution in [2.45, 2.75) is 13.0 Å². The Labute approximate surface area is 142 Å². The van der Waals surface area contributed by atoms with Crippen LogP contribution in [-0.4, -0.2) is 50.3 Å². The number of amides is 1. The van der Waals surface area contributed by atoms with Crippen LogP contribution in [0.25, 0.3) is 0 Å². The Balaban J connectivity index is 2.88. The average molecular weight is 333 g/mol. The summed E-state index contributed by atoms with van der Waals surface area (Å²) in [7, 11) is 4.77. The van der Waals surface area contributed by atoms with Gasteiger partial charge in [0.15, 0.2) is 11.5 Å². The van der Waals surface area contributed by atoms with Gasteiger partial charge in [0.2, 0.25) is 0 Å². The summed E-state index contributed by atoms with van der Waals surface area (Å²) < 4.78 is 10.4. The second-order valence-electron chi connectivity index (χ2n) is 5.17. The summed E-state index contributed by atoms with van der Waals surface area (Å²) in [4.78, 5) is 13.8. The molecule has 0 aliphatic carbocycles. The standard InChI is InChI=1S/C17H23N3O4/c1-12(13-5-6-15(23-3)16(9-13)24-4)19-17(22)14(10-18)11-20(2)7-8-21/h5-6,9,11-12,21H,7-8H2,1-4H3,(H,19,22)/b14-11-. The van der Waals surface area contributed by atoms with E-state index in [1.165, 1.54) is 6.20 Å². The van der Waals surface area contributed by atoms with Crippen molar-refractivity contribution in [2.75, 3.05) is 34.4 Å². The first-order valence-corrected chi connectivity index (χ1v) is 7.42. The third-order valence-corrected chi connectivity index (χ3v) is 3.42. The van der Waals surface area contributed by atoms with Crippen LogP contribution in [0.3, 0.4) is 0 Å². The van der Waals surface area contributed by atoms with Gasteiger partial charge >= 0.3 is 0 Å². The molecule has 1 aromatic carbocycles. The fourth-order valence-corrected chi connectivity index (χ4v) is 2.06. The fourth-order valence-electron chi connectivity index (χ4n) is 2.06. The minimum atomic E-state index is -0.482. The molecule has 0 heterocycles. The number of nitrogens with zero attached hydrogens (tertiary/aromatic N) is 2. The molecule has 24 heavy (non-hydrogen) atoms. The minimum Gasteiger partial charge on any atom is -0.493 e. The largest absolute Gasteiger partial charge is 0.493 e. The summed E-state index contributed by atoms with van der Waals surface area (Å²) >= 11 is 0. The van der Waals surface area contributed by atoms with Gasteiger partial charge < -0.3 is 24.8 Å². The number of rotatable bonds is 8. The molecule has 1 atom stereocenters. The molecule has 0 aliphatic heterocycles. The predicted octanol–water partition coefficient (Wildman–Crippen LogP) is 1.21. The Morgan fingerprint density at radius 3 is 2.62 bits per heavy atom. The zero-order valence-corrected chi connectivity index (χ0v) is 14.4. The third-order valence-electron chi connectivity index (χ3n) is 3.42. The van der Waals surface area contributed by atoms with Gasteiger partial charge in [-0.05, 0) is 24.6 Å². The van der Waals surface area contributed by atoms with E-state index in [9.17, 15) is 4.79 Å². The fraction of sp³-hybridized carbons (Fsp3) is 0.412. The lowest BCUT2D eigenvalue weighted by atomic mass is 10.1. The Hall–Kier alpha value is -2.72. The lowest BCUT2D eigenvalue weighted by Gasteiger charge is -2.17. The highest BCUT2D eigenvalue weighted by molar-refractivity contribution is 5.97. The van der Waals surface area contributed by atoms with Crippen LogP contribution in [0, 0.1) is 11.3 Å². The number of nitrogens with one attached hydrogen (secondary N) is 1. The molecule has 7 heteroatoms. The zero-order valence-electron chi connectivity index (χ0n) is 14.4. The Bertz CT molecular complexity index is 637. The van der Waals surface area contributed by atoms with Crippen molar-refractivity contribution in [3.05, 3.63) is 35.5 Å². The number of benzene rings is 1. The summed E-state index contributed by atoms with van der Waals surface area (Å²) in [5.74, 6) is 0.683. The van der Waals surface area contributed by atoms with Crippen LogP contribution < -0.4 is 14.8 Å². The molecular weight excluding hydrogens is 310 g/mol. The Morgan fingerprint density at radius 2 is 2.08 bits per heavy atom. The number of likely N-dealkylation sites (N-methyl/N-ethyl adjacent to an activating group) is 1. The second kappa shape index (κ2) is 9.43. The van der Waals surface area contributed by atoms with E-state index in [-0.39, 0.29) is 18.2 Å². The Kier molecular flexibility index (Phi) is 7.59. The predicted molar refractivity (Wildman–Crippen MR) is 89.5 cm³/mol. The summed E-state index contributed by atoms with van der Waals surface area (Å²) in [6.45, 7) is 2.09. The summed E-state index contributed by atoms with van der Waals surface area (Å²) in [5.41, 5.74) is 0.792. The smallest absolute Gasteiger partial charge is 0.263 e. The molecule has 0 saturated heterocycles. The number of hydrogen-bond donors (Lipinski definition) is 2. The number of ether oxygens (including phenoxy) is 2. The number of aliphatic hydroxyl groups excluding tert-OH is 1. The SMILES string of the molecule is COc1ccc(C(C)NC(=O)/C(C#N)=C\N(C)CCO)cc1OC. The quantitative estimate of drug-likeness (QED) is 0.548. The lowest BCUT2D eigenvalue weighted by molar-refractivity contribution is -0.117. The van der Waals surface area contributed by atoms with Crippen LogP contribution in [0.2, 0.25) is 0 Å². The number of hydrogen-bond acceptors (Lipinski definition) is 6. The molecule has 0 saturated carbocycles. The van der Waals surface area contributed by atoms with Gasteiger partial charge in [-0.1, -0.05) is 6.07 Å². The van der Waals surface area contributed by atoms with Gasteiger partial charge in [0.05, 0.1) is 26.9 Å². The first-order valence-electron chi connectivity index (χ1n) is 7.42. The molecule has 130 valence electrons. The molecule has 7 nitrogen and oxygen atoms in total. The monoisotopic (exact) mass is 333 g/mol. The van der Waals surface area contributed by atoms with Crippen molar-refractivity contribution in [3.8, 4) is 17.6 Å². The highest BCUT2D eigenvalue weighted by Crippen LogP contribution is 2.29. The molecule has 0 fully saturated rings. The molecule has 0 aliphatic rings. The van der Waals surface area contributed by atoms with Crippen LogP contribution >= 0.6 is 0 Å². The van der Waals surface area contributed by atoms with Crippen LogP contribution in [0.1, 0.15) is 18.5 Å². The molecule has 1 amide bonds. The van der Waals surface area contributed by atoms with E-state index in [4.69, 9.17) is 19.8 Å². The van der Waals surface area contributed by atoms with Crippen molar-refractivity contribution >= 4 is 5.91 Å². The highest BCUT2D eigenvalue weighted by atomic mass is 16.5. The van der Waals surface area contributed by atoms with Crippen molar-refractivity contribution in [2.24, 2.45) is 0 Å². The molecule has 2 N–H and O–H groups in total. The minimum absolute atomic E-state index is 0.0294. The first-order chi connectivity index (χ1) is 11.5. The number of aliphatic hydroxyl groups is 1. The molecule has 0 bridgehead atoms. The maximum Gasteiger partial charge on any atom is 0.263 e. The van der Waals surface area contributed by atoms with Crippen LogP contribution in [-0.2, 0) is 4.79 Å². The van der Waals surface area contributed by atoms with Gasteiger partial charge in [-0.15, -0.1) is 0 Å². The molecule has 1 aromatic rings. The highest BCUT2D eigenvalue weighted by Gasteiger charge is 2.16. The number of carbonyl (C=O) groups is 1. The molecule has 1 rings (SSSR count). The molecule has 0 radical (unpaired) electrons. The van der Waals surface area contributed by atoms with Crippen LogP contribution in [0.15, 0.2) is 30.0 Å². The summed E-state index contributed by atoms with van der Waals surface area (Å²) in [5, 5.41) is 20.8. The van der Waals surface area contributed by atoms with Crippen LogP contribution in [0.5, 0.6) is 11.5 Å². The van der Waals surface area contributed by atoms with Gasteiger partial charge in [0.25, 0.3) is 5.91 Å². The van der Waals surface area contributed by atoms with E-state index in [1.54, 1.807) is 38.3 Å². The maximum atomic E-state index is 12.2. The number of methoxy groups -OCH3 is 2. The average Bonchev–Trinajstić information content (AvgIpc) is 2.58. The second-order valence-corrected chi connectivity index (χ2v) is 5.17. The van der Waals surface area contributed by atoms with E-state index >= 15 is 0 Å².